The highest BCUT2D eigenvalue weighted by molar-refractivity contribution is 7.90. The van der Waals surface area contributed by atoms with Gasteiger partial charge in [0.1, 0.15) is 0 Å². The summed E-state index contributed by atoms with van der Waals surface area (Å²) in [6.07, 6.45) is 4.48. The fourth-order valence-corrected chi connectivity index (χ4v) is 3.61. The third-order valence-electron chi connectivity index (χ3n) is 3.45. The van der Waals surface area contributed by atoms with Crippen LogP contribution in [0.1, 0.15) is 39.5 Å². The Hall–Kier alpha value is -0.130. The Balaban J connectivity index is 2.57. The molecular formula is C11H24N2O2S. The zero-order chi connectivity index (χ0) is 12.2. The van der Waals surface area contributed by atoms with Crippen molar-refractivity contribution in [1.29, 1.82) is 0 Å². The van der Waals surface area contributed by atoms with Crippen LogP contribution in [0.2, 0.25) is 0 Å². The van der Waals surface area contributed by atoms with Gasteiger partial charge < -0.3 is 5.32 Å². The van der Waals surface area contributed by atoms with Gasteiger partial charge in [0, 0.05) is 12.6 Å². The van der Waals surface area contributed by atoms with Crippen LogP contribution in [-0.4, -0.2) is 33.3 Å². The Bertz CT molecular complexity index is 303. The molecule has 0 saturated heterocycles. The van der Waals surface area contributed by atoms with Crippen molar-refractivity contribution in [2.45, 2.75) is 50.8 Å². The fraction of sp³-hybridized carbons (Fsp3) is 1.00. The minimum absolute atomic E-state index is 0.137. The van der Waals surface area contributed by atoms with Crippen LogP contribution in [-0.2, 0) is 10.0 Å². The highest BCUT2D eigenvalue weighted by Gasteiger charge is 2.28. The molecule has 1 rings (SSSR count). The standard InChI is InChI=1S/C11H24N2O2S/c1-9-6-4-5-7-11(9)13-16(14,15)10(2)8-12-3/h9-13H,4-8H2,1-3H3. The normalized spacial score (nSPS) is 28.9. The molecule has 0 aromatic carbocycles. The smallest absolute Gasteiger partial charge is 0.215 e. The second-order valence-corrected chi connectivity index (χ2v) is 7.03. The Morgan fingerprint density at radius 1 is 1.31 bits per heavy atom. The van der Waals surface area contributed by atoms with E-state index < -0.39 is 10.0 Å². The van der Waals surface area contributed by atoms with Crippen molar-refractivity contribution in [3.63, 3.8) is 0 Å². The minimum atomic E-state index is -3.17. The van der Waals surface area contributed by atoms with Crippen molar-refractivity contribution < 1.29 is 8.42 Å². The first-order valence-corrected chi connectivity index (χ1v) is 7.67. The molecule has 0 aromatic heterocycles. The van der Waals surface area contributed by atoms with E-state index >= 15 is 0 Å². The third kappa shape index (κ3) is 3.71. The van der Waals surface area contributed by atoms with E-state index in [2.05, 4.69) is 17.0 Å². The zero-order valence-corrected chi connectivity index (χ0v) is 11.3. The lowest BCUT2D eigenvalue weighted by Crippen LogP contribution is -2.46. The summed E-state index contributed by atoms with van der Waals surface area (Å²) in [6.45, 7) is 4.37. The van der Waals surface area contributed by atoms with E-state index in [4.69, 9.17) is 0 Å². The summed E-state index contributed by atoms with van der Waals surface area (Å²) in [4.78, 5) is 0. The van der Waals surface area contributed by atoms with Gasteiger partial charge in [0.2, 0.25) is 10.0 Å². The van der Waals surface area contributed by atoms with Gasteiger partial charge in [-0.3, -0.25) is 0 Å². The van der Waals surface area contributed by atoms with Crippen molar-refractivity contribution in [3.05, 3.63) is 0 Å². The van der Waals surface area contributed by atoms with Gasteiger partial charge in [-0.2, -0.15) is 0 Å². The van der Waals surface area contributed by atoms with E-state index in [0.717, 1.165) is 19.3 Å². The van der Waals surface area contributed by atoms with Crippen molar-refractivity contribution in [3.8, 4) is 0 Å². The molecule has 3 unspecified atom stereocenters. The molecule has 2 N–H and O–H groups in total. The number of hydrogen-bond acceptors (Lipinski definition) is 3. The lowest BCUT2D eigenvalue weighted by Gasteiger charge is -2.30. The van der Waals surface area contributed by atoms with Crippen LogP contribution in [0.5, 0.6) is 0 Å². The van der Waals surface area contributed by atoms with Gasteiger partial charge >= 0.3 is 0 Å². The number of sulfonamides is 1. The van der Waals surface area contributed by atoms with E-state index in [1.54, 1.807) is 14.0 Å². The first kappa shape index (κ1) is 13.9. The topological polar surface area (TPSA) is 58.2 Å². The number of nitrogens with one attached hydrogen (secondary N) is 2. The number of rotatable bonds is 5. The molecule has 0 aromatic rings. The summed E-state index contributed by atoms with van der Waals surface area (Å²) in [7, 11) is -1.39. The highest BCUT2D eigenvalue weighted by atomic mass is 32.2. The van der Waals surface area contributed by atoms with Gasteiger partial charge in [0.15, 0.2) is 0 Å². The fourth-order valence-electron chi connectivity index (χ4n) is 2.22. The van der Waals surface area contributed by atoms with E-state index in [1.807, 2.05) is 0 Å². The minimum Gasteiger partial charge on any atom is -0.318 e. The molecule has 5 heteroatoms. The van der Waals surface area contributed by atoms with Gasteiger partial charge in [-0.15, -0.1) is 0 Å². The van der Waals surface area contributed by atoms with Crippen LogP contribution >= 0.6 is 0 Å². The van der Waals surface area contributed by atoms with Crippen LogP contribution < -0.4 is 10.0 Å². The van der Waals surface area contributed by atoms with Gasteiger partial charge in [0.05, 0.1) is 5.25 Å². The molecule has 1 saturated carbocycles. The molecule has 0 radical (unpaired) electrons. The molecule has 0 amide bonds. The Morgan fingerprint density at radius 2 is 1.94 bits per heavy atom. The molecule has 0 bridgehead atoms. The van der Waals surface area contributed by atoms with Gasteiger partial charge in [-0.25, -0.2) is 13.1 Å². The van der Waals surface area contributed by atoms with E-state index in [1.165, 1.54) is 6.42 Å². The Labute approximate surface area is 99.2 Å². The lowest BCUT2D eigenvalue weighted by molar-refractivity contribution is 0.309. The highest BCUT2D eigenvalue weighted by Crippen LogP contribution is 2.24. The average molecular weight is 248 g/mol. The SMILES string of the molecule is CNCC(C)S(=O)(=O)NC1CCCCC1C. The quantitative estimate of drug-likeness (QED) is 0.766. The predicted molar refractivity (Wildman–Crippen MR) is 66.9 cm³/mol. The Kier molecular flexibility index (Phi) is 5.21. The summed E-state index contributed by atoms with van der Waals surface area (Å²) in [5, 5.41) is 2.53. The zero-order valence-electron chi connectivity index (χ0n) is 10.5. The maximum absolute atomic E-state index is 12.0. The van der Waals surface area contributed by atoms with Crippen LogP contribution in [0.4, 0.5) is 0 Å². The van der Waals surface area contributed by atoms with Crippen molar-refractivity contribution in [2.24, 2.45) is 5.92 Å². The van der Waals surface area contributed by atoms with Gasteiger partial charge in [0.25, 0.3) is 0 Å². The second kappa shape index (κ2) is 5.98. The van der Waals surface area contributed by atoms with Crippen LogP contribution in [0.15, 0.2) is 0 Å². The van der Waals surface area contributed by atoms with Gasteiger partial charge in [-0.1, -0.05) is 19.8 Å². The summed E-state index contributed by atoms with van der Waals surface area (Å²) in [5.74, 6) is 0.463. The molecule has 0 heterocycles. The van der Waals surface area contributed by atoms with Crippen LogP contribution in [0, 0.1) is 5.92 Å². The van der Waals surface area contributed by atoms with E-state index in [9.17, 15) is 8.42 Å². The largest absolute Gasteiger partial charge is 0.318 e. The molecule has 1 aliphatic carbocycles. The first-order chi connectivity index (χ1) is 7.47. The molecule has 16 heavy (non-hydrogen) atoms. The van der Waals surface area contributed by atoms with Crippen LogP contribution in [0.25, 0.3) is 0 Å². The van der Waals surface area contributed by atoms with Crippen molar-refractivity contribution in [2.75, 3.05) is 13.6 Å². The molecular weight excluding hydrogens is 224 g/mol. The Morgan fingerprint density at radius 3 is 2.50 bits per heavy atom. The average Bonchev–Trinajstić information content (AvgIpc) is 2.21. The lowest BCUT2D eigenvalue weighted by atomic mass is 9.87. The molecule has 0 aliphatic heterocycles. The molecule has 3 atom stereocenters. The van der Waals surface area contributed by atoms with E-state index in [-0.39, 0.29) is 11.3 Å². The third-order valence-corrected chi connectivity index (χ3v) is 5.31. The summed E-state index contributed by atoms with van der Waals surface area (Å²) >= 11 is 0. The number of hydrogen-bond donors (Lipinski definition) is 2. The van der Waals surface area contributed by atoms with E-state index in [0.29, 0.717) is 12.5 Å². The van der Waals surface area contributed by atoms with Crippen molar-refractivity contribution in [1.82, 2.24) is 10.0 Å². The molecule has 0 spiro atoms. The molecule has 1 fully saturated rings. The van der Waals surface area contributed by atoms with Crippen molar-refractivity contribution >= 4 is 10.0 Å². The maximum atomic E-state index is 12.0. The molecule has 4 nitrogen and oxygen atoms in total. The first-order valence-electron chi connectivity index (χ1n) is 6.13. The summed E-state index contributed by atoms with van der Waals surface area (Å²) < 4.78 is 26.8. The summed E-state index contributed by atoms with van der Waals surface area (Å²) in [6, 6.07) is 0.137. The molecule has 1 aliphatic rings. The predicted octanol–water partition coefficient (Wildman–Crippen LogP) is 1.09. The summed E-state index contributed by atoms with van der Waals surface area (Å²) in [5.41, 5.74) is 0. The van der Waals surface area contributed by atoms with Crippen LogP contribution in [0.3, 0.4) is 0 Å². The molecule has 96 valence electrons. The van der Waals surface area contributed by atoms with Gasteiger partial charge in [-0.05, 0) is 32.7 Å². The maximum Gasteiger partial charge on any atom is 0.215 e. The monoisotopic (exact) mass is 248 g/mol. The second-order valence-electron chi connectivity index (χ2n) is 4.90.